The zero-order valence-corrected chi connectivity index (χ0v) is 13.9. The first kappa shape index (κ1) is 18.3. The molecule has 0 aliphatic heterocycles. The van der Waals surface area contributed by atoms with E-state index in [1.165, 1.54) is 18.3 Å². The van der Waals surface area contributed by atoms with Crippen molar-refractivity contribution in [2.75, 3.05) is 5.73 Å². The molecule has 0 aromatic carbocycles. The summed E-state index contributed by atoms with van der Waals surface area (Å²) in [6.45, 7) is 0. The highest BCUT2D eigenvalue weighted by Gasteiger charge is 2.26. The third-order valence-electron chi connectivity index (χ3n) is 3.76. The molecular weight excluding hydrogens is 372 g/mol. The Kier molecular flexibility index (Phi) is 4.60. The number of hydrogen-bond donors (Lipinski definition) is 5. The van der Waals surface area contributed by atoms with Crippen LogP contribution in [0.5, 0.6) is 0 Å². The van der Waals surface area contributed by atoms with Crippen molar-refractivity contribution >= 4 is 45.4 Å². The minimum absolute atomic E-state index is 0.00583. The number of rotatable bonds is 3. The molecule has 6 N–H and O–H groups in total. The Bertz CT molecular complexity index is 1230. The van der Waals surface area contributed by atoms with Crippen molar-refractivity contribution in [1.29, 1.82) is 0 Å². The molecule has 0 aliphatic carbocycles. The highest BCUT2D eigenvalue weighted by molar-refractivity contribution is 6.03. The summed E-state index contributed by atoms with van der Waals surface area (Å²) in [5.41, 5.74) is 5.60. The Labute approximate surface area is 154 Å². The number of anilines is 1. The number of pyridine rings is 2. The summed E-state index contributed by atoms with van der Waals surface area (Å²) >= 11 is 0. The van der Waals surface area contributed by atoms with Gasteiger partial charge in [-0.2, -0.15) is 0 Å². The third kappa shape index (κ3) is 3.16. The van der Waals surface area contributed by atoms with Gasteiger partial charge < -0.3 is 25.9 Å². The average Bonchev–Trinajstić information content (AvgIpc) is 3.21. The molecular formula is C16H12N6O6. The molecule has 0 atom stereocenters. The van der Waals surface area contributed by atoms with Gasteiger partial charge in [-0.1, -0.05) is 0 Å². The van der Waals surface area contributed by atoms with E-state index in [-0.39, 0.29) is 22.4 Å². The van der Waals surface area contributed by atoms with E-state index in [1.807, 2.05) is 0 Å². The van der Waals surface area contributed by atoms with Crippen molar-refractivity contribution in [3.8, 4) is 0 Å². The average molecular weight is 384 g/mol. The number of carboxylic acids is 2. The second-order valence-electron chi connectivity index (χ2n) is 5.43. The van der Waals surface area contributed by atoms with Gasteiger partial charge in [-0.15, -0.1) is 0 Å². The number of H-pyrrole nitrogens is 2. The number of hydrogen-bond acceptors (Lipinski definition) is 7. The molecule has 4 aromatic rings. The normalized spacial score (nSPS) is 10.4. The summed E-state index contributed by atoms with van der Waals surface area (Å²) in [5, 5.41) is 29.0. The summed E-state index contributed by atoms with van der Waals surface area (Å²) in [5.74, 6) is -2.45. The molecule has 12 heteroatoms. The van der Waals surface area contributed by atoms with Gasteiger partial charge in [-0.25, -0.2) is 19.6 Å². The maximum absolute atomic E-state index is 10.7. The van der Waals surface area contributed by atoms with Crippen LogP contribution in [0.4, 0.5) is 11.4 Å². The van der Waals surface area contributed by atoms with Crippen molar-refractivity contribution in [2.45, 2.75) is 0 Å². The number of aromatic amines is 2. The fourth-order valence-electron chi connectivity index (χ4n) is 2.56. The maximum atomic E-state index is 10.7. The van der Waals surface area contributed by atoms with Crippen LogP contribution >= 0.6 is 0 Å². The zero-order chi connectivity index (χ0) is 20.4. The molecule has 0 unspecified atom stereocenters. The molecule has 0 spiro atoms. The smallest absolute Gasteiger partial charge is 0.359 e. The molecule has 0 saturated carbocycles. The predicted octanol–water partition coefficient (Wildman–Crippen LogP) is 2.01. The molecule has 4 rings (SSSR count). The van der Waals surface area contributed by atoms with Crippen LogP contribution in [-0.2, 0) is 0 Å². The Morgan fingerprint density at radius 2 is 1.46 bits per heavy atom. The number of nitrogens with two attached hydrogens (primary N) is 1. The van der Waals surface area contributed by atoms with Gasteiger partial charge in [0, 0.05) is 17.8 Å². The van der Waals surface area contributed by atoms with Crippen molar-refractivity contribution in [2.24, 2.45) is 0 Å². The number of aromatic carboxylic acids is 2. The predicted molar refractivity (Wildman–Crippen MR) is 97.2 cm³/mol. The molecule has 4 aromatic heterocycles. The van der Waals surface area contributed by atoms with Crippen molar-refractivity contribution in [3.05, 3.63) is 58.2 Å². The summed E-state index contributed by atoms with van der Waals surface area (Å²) < 4.78 is 0. The van der Waals surface area contributed by atoms with Crippen molar-refractivity contribution in [1.82, 2.24) is 19.9 Å². The van der Waals surface area contributed by atoms with E-state index < -0.39 is 28.2 Å². The minimum Gasteiger partial charge on any atom is -0.477 e. The highest BCUT2D eigenvalue weighted by atomic mass is 16.6. The lowest BCUT2D eigenvalue weighted by Gasteiger charge is -1.89. The largest absolute Gasteiger partial charge is 0.477 e. The fourth-order valence-corrected chi connectivity index (χ4v) is 2.56. The SMILES string of the molecule is Nc1c(C(=O)O)[nH]c2ncccc12.O=C(O)c1[nH]c2ncccc2c1[N+](=O)[O-]. The van der Waals surface area contributed by atoms with Crippen LogP contribution in [0.2, 0.25) is 0 Å². The molecule has 12 nitrogen and oxygen atoms in total. The summed E-state index contributed by atoms with van der Waals surface area (Å²) in [6.07, 6.45) is 3.00. The molecule has 142 valence electrons. The summed E-state index contributed by atoms with van der Waals surface area (Å²) in [6, 6.07) is 6.39. The second kappa shape index (κ2) is 7.03. The van der Waals surface area contributed by atoms with Gasteiger partial charge in [0.05, 0.1) is 16.0 Å². The lowest BCUT2D eigenvalue weighted by molar-refractivity contribution is -0.383. The molecule has 0 bridgehead atoms. The van der Waals surface area contributed by atoms with Gasteiger partial charge in [0.2, 0.25) is 5.69 Å². The van der Waals surface area contributed by atoms with Gasteiger partial charge in [0.1, 0.15) is 17.0 Å². The number of nitrogen functional groups attached to an aromatic ring is 1. The number of fused-ring (bicyclic) bond motifs is 2. The first-order valence-electron chi connectivity index (χ1n) is 7.61. The molecule has 28 heavy (non-hydrogen) atoms. The Morgan fingerprint density at radius 1 is 0.964 bits per heavy atom. The standard InChI is InChI=1S/C8H5N3O4.C8H7N3O2/c12-8(13)5-6(11(14)15)4-2-1-3-9-7(4)10-5;9-5-4-2-1-3-10-7(4)11-6(5)8(12)13/h1-3H,(H,9,10)(H,12,13);1-3H,9H2,(H,10,11)(H,12,13). The van der Waals surface area contributed by atoms with Gasteiger partial charge >= 0.3 is 17.6 Å². The summed E-state index contributed by atoms with van der Waals surface area (Å²) in [7, 11) is 0. The first-order chi connectivity index (χ1) is 13.3. The van der Waals surface area contributed by atoms with E-state index in [0.717, 1.165) is 0 Å². The van der Waals surface area contributed by atoms with Gasteiger partial charge in [0.15, 0.2) is 0 Å². The van der Waals surface area contributed by atoms with Crippen LogP contribution in [0.1, 0.15) is 21.0 Å². The second-order valence-corrected chi connectivity index (χ2v) is 5.43. The number of carboxylic acid groups (broad SMARTS) is 2. The summed E-state index contributed by atoms with van der Waals surface area (Å²) in [4.78, 5) is 44.1. The molecule has 4 heterocycles. The minimum atomic E-state index is -1.38. The maximum Gasteiger partial charge on any atom is 0.359 e. The van der Waals surface area contributed by atoms with Crippen LogP contribution in [0.15, 0.2) is 36.7 Å². The van der Waals surface area contributed by atoms with Crippen molar-refractivity contribution < 1.29 is 24.7 Å². The van der Waals surface area contributed by atoms with E-state index in [4.69, 9.17) is 15.9 Å². The highest BCUT2D eigenvalue weighted by Crippen LogP contribution is 2.28. The van der Waals surface area contributed by atoms with Crippen LogP contribution < -0.4 is 5.73 Å². The Balaban J connectivity index is 0.000000162. The van der Waals surface area contributed by atoms with E-state index in [9.17, 15) is 19.7 Å². The molecule has 0 radical (unpaired) electrons. The fraction of sp³-hybridized carbons (Fsp3) is 0. The van der Waals surface area contributed by atoms with Gasteiger partial charge in [-0.05, 0) is 24.3 Å². The van der Waals surface area contributed by atoms with Crippen LogP contribution in [0.25, 0.3) is 22.1 Å². The lowest BCUT2D eigenvalue weighted by Crippen LogP contribution is -2.01. The molecule has 0 fully saturated rings. The van der Waals surface area contributed by atoms with Gasteiger partial charge in [-0.3, -0.25) is 10.1 Å². The number of nitro groups is 1. The van der Waals surface area contributed by atoms with Crippen molar-refractivity contribution in [3.63, 3.8) is 0 Å². The number of nitrogens with zero attached hydrogens (tertiary/aromatic N) is 3. The lowest BCUT2D eigenvalue weighted by atomic mass is 10.2. The topological polar surface area (TPSA) is 201 Å². The Morgan fingerprint density at radius 3 is 1.96 bits per heavy atom. The van der Waals surface area contributed by atoms with Crippen LogP contribution in [0.3, 0.4) is 0 Å². The number of nitrogens with one attached hydrogen (secondary N) is 2. The molecule has 0 amide bonds. The Hall–Kier alpha value is -4.48. The van der Waals surface area contributed by atoms with Crippen LogP contribution in [0, 0.1) is 10.1 Å². The molecule has 0 saturated heterocycles. The third-order valence-corrected chi connectivity index (χ3v) is 3.76. The number of carbonyl (C=O) groups is 2. The number of aromatic nitrogens is 4. The van der Waals surface area contributed by atoms with Gasteiger partial charge in [0.25, 0.3) is 0 Å². The van der Waals surface area contributed by atoms with Crippen LogP contribution in [-0.4, -0.2) is 47.0 Å². The zero-order valence-electron chi connectivity index (χ0n) is 13.9. The molecule has 0 aliphatic rings. The van der Waals surface area contributed by atoms with E-state index in [0.29, 0.717) is 11.0 Å². The van der Waals surface area contributed by atoms with E-state index in [2.05, 4.69) is 19.9 Å². The monoisotopic (exact) mass is 384 g/mol. The first-order valence-corrected chi connectivity index (χ1v) is 7.61. The van der Waals surface area contributed by atoms with E-state index >= 15 is 0 Å². The quantitative estimate of drug-likeness (QED) is 0.258. The van der Waals surface area contributed by atoms with E-state index in [1.54, 1.807) is 18.3 Å².